The number of nitrogens with one attached hydrogen (secondary N) is 1. The molecule has 0 aliphatic heterocycles. The Bertz CT molecular complexity index is 278. The van der Waals surface area contributed by atoms with Crippen molar-refractivity contribution in [2.45, 2.75) is 64.8 Å². The number of carboxylic acids is 1. The molecule has 0 bridgehead atoms. The van der Waals surface area contributed by atoms with Crippen LogP contribution < -0.4 is 5.32 Å². The summed E-state index contributed by atoms with van der Waals surface area (Å²) in [4.78, 5) is 22.8. The molecule has 0 atom stereocenters. The van der Waals surface area contributed by atoms with E-state index in [4.69, 9.17) is 5.11 Å². The molecule has 0 aromatic heterocycles. The summed E-state index contributed by atoms with van der Waals surface area (Å²) in [5.74, 6) is -1.43. The zero-order chi connectivity index (χ0) is 12.9. The summed E-state index contributed by atoms with van der Waals surface area (Å²) in [7, 11) is 0. The van der Waals surface area contributed by atoms with Crippen LogP contribution in [-0.4, -0.2) is 23.0 Å². The van der Waals surface area contributed by atoms with Crippen molar-refractivity contribution in [2.75, 3.05) is 0 Å². The number of carboxylic acid groups (broad SMARTS) is 1. The van der Waals surface area contributed by atoms with Crippen molar-refractivity contribution in [1.82, 2.24) is 5.32 Å². The monoisotopic (exact) mass is 241 g/mol. The summed E-state index contributed by atoms with van der Waals surface area (Å²) in [6.45, 7) is 2.90. The molecule has 1 rings (SSSR count). The summed E-state index contributed by atoms with van der Waals surface area (Å²) in [6.07, 6.45) is 7.91. The Hall–Kier alpha value is -1.06. The highest BCUT2D eigenvalue weighted by atomic mass is 16.4. The zero-order valence-electron chi connectivity index (χ0n) is 10.8. The van der Waals surface area contributed by atoms with Gasteiger partial charge in [0.25, 0.3) is 0 Å². The number of hydrogen-bond acceptors (Lipinski definition) is 2. The Kier molecular flexibility index (Phi) is 4.97. The molecular formula is C13H23NO3. The first kappa shape index (κ1) is 14.0. The molecular weight excluding hydrogens is 218 g/mol. The predicted octanol–water partition coefficient (Wildman–Crippen LogP) is 2.33. The molecule has 1 fully saturated rings. The van der Waals surface area contributed by atoms with Gasteiger partial charge in [-0.1, -0.05) is 32.1 Å². The second-order valence-corrected chi connectivity index (χ2v) is 5.45. The molecule has 0 aromatic carbocycles. The van der Waals surface area contributed by atoms with Crippen molar-refractivity contribution >= 4 is 11.9 Å². The van der Waals surface area contributed by atoms with E-state index >= 15 is 0 Å². The second kappa shape index (κ2) is 6.03. The van der Waals surface area contributed by atoms with E-state index in [0.717, 1.165) is 25.7 Å². The summed E-state index contributed by atoms with van der Waals surface area (Å²) in [5, 5.41) is 11.9. The molecule has 1 aliphatic rings. The average molecular weight is 241 g/mol. The highest BCUT2D eigenvalue weighted by molar-refractivity contribution is 6.01. The van der Waals surface area contributed by atoms with Crippen molar-refractivity contribution < 1.29 is 14.7 Å². The molecule has 1 saturated carbocycles. The number of aliphatic carboxylic acids is 1. The van der Waals surface area contributed by atoms with Gasteiger partial charge in [0.05, 0.1) is 0 Å². The number of hydrogen-bond donors (Lipinski definition) is 2. The third-order valence-electron chi connectivity index (χ3n) is 3.54. The lowest BCUT2D eigenvalue weighted by molar-refractivity contribution is -0.153. The minimum atomic E-state index is -1.33. The SMILES string of the molecule is CC(C)(C(=O)O)C(=O)NC1CCCCCCC1. The van der Waals surface area contributed by atoms with Gasteiger partial charge in [-0.2, -0.15) is 0 Å². The maximum Gasteiger partial charge on any atom is 0.318 e. The van der Waals surface area contributed by atoms with Crippen LogP contribution in [0.2, 0.25) is 0 Å². The van der Waals surface area contributed by atoms with Crippen LogP contribution in [0.4, 0.5) is 0 Å². The lowest BCUT2D eigenvalue weighted by Gasteiger charge is -2.25. The minimum Gasteiger partial charge on any atom is -0.480 e. The van der Waals surface area contributed by atoms with Crippen LogP contribution in [0.15, 0.2) is 0 Å². The van der Waals surface area contributed by atoms with E-state index < -0.39 is 11.4 Å². The first-order chi connectivity index (χ1) is 7.94. The smallest absolute Gasteiger partial charge is 0.318 e. The Balaban J connectivity index is 2.51. The van der Waals surface area contributed by atoms with Gasteiger partial charge in [-0.05, 0) is 26.7 Å². The summed E-state index contributed by atoms with van der Waals surface area (Å²) in [6, 6.07) is 0.154. The molecule has 1 aliphatic carbocycles. The Labute approximate surface area is 103 Å². The maximum atomic E-state index is 11.9. The zero-order valence-corrected chi connectivity index (χ0v) is 10.8. The third kappa shape index (κ3) is 4.02. The van der Waals surface area contributed by atoms with Gasteiger partial charge < -0.3 is 10.4 Å². The third-order valence-corrected chi connectivity index (χ3v) is 3.54. The lowest BCUT2D eigenvalue weighted by Crippen LogP contribution is -2.46. The molecule has 2 N–H and O–H groups in total. The van der Waals surface area contributed by atoms with Gasteiger partial charge in [-0.3, -0.25) is 9.59 Å². The van der Waals surface area contributed by atoms with Gasteiger partial charge in [0.2, 0.25) is 5.91 Å². The predicted molar refractivity (Wildman–Crippen MR) is 65.7 cm³/mol. The molecule has 0 saturated heterocycles. The van der Waals surface area contributed by atoms with Gasteiger partial charge in [0.1, 0.15) is 5.41 Å². The molecule has 0 heterocycles. The number of amides is 1. The van der Waals surface area contributed by atoms with Gasteiger partial charge >= 0.3 is 5.97 Å². The first-order valence-corrected chi connectivity index (χ1v) is 6.49. The maximum absolute atomic E-state index is 11.9. The standard InChI is InChI=1S/C13H23NO3/c1-13(2,12(16)17)11(15)14-10-8-6-4-3-5-7-9-10/h10H,3-9H2,1-2H3,(H,14,15)(H,16,17). The highest BCUT2D eigenvalue weighted by Crippen LogP contribution is 2.20. The van der Waals surface area contributed by atoms with Gasteiger partial charge in [0, 0.05) is 6.04 Å². The number of carbonyl (C=O) groups excluding carboxylic acids is 1. The van der Waals surface area contributed by atoms with Crippen molar-refractivity contribution in [1.29, 1.82) is 0 Å². The summed E-state index contributed by atoms with van der Waals surface area (Å²) >= 11 is 0. The Morgan fingerprint density at radius 2 is 1.53 bits per heavy atom. The fraction of sp³-hybridized carbons (Fsp3) is 0.846. The Morgan fingerprint density at radius 3 is 2.00 bits per heavy atom. The first-order valence-electron chi connectivity index (χ1n) is 6.49. The molecule has 1 amide bonds. The molecule has 0 aromatic rings. The van der Waals surface area contributed by atoms with Gasteiger partial charge in [0.15, 0.2) is 0 Å². The fourth-order valence-corrected chi connectivity index (χ4v) is 2.06. The molecule has 98 valence electrons. The fourth-order valence-electron chi connectivity index (χ4n) is 2.06. The molecule has 0 radical (unpaired) electrons. The van der Waals surface area contributed by atoms with Crippen LogP contribution in [0.5, 0.6) is 0 Å². The van der Waals surface area contributed by atoms with Crippen LogP contribution in [0.1, 0.15) is 58.8 Å². The number of carbonyl (C=O) groups is 2. The van der Waals surface area contributed by atoms with E-state index in [2.05, 4.69) is 5.32 Å². The molecule has 17 heavy (non-hydrogen) atoms. The summed E-state index contributed by atoms with van der Waals surface area (Å²) in [5.41, 5.74) is -1.33. The number of rotatable bonds is 3. The highest BCUT2D eigenvalue weighted by Gasteiger charge is 2.36. The van der Waals surface area contributed by atoms with Crippen molar-refractivity contribution in [3.63, 3.8) is 0 Å². The van der Waals surface area contributed by atoms with Crippen molar-refractivity contribution in [3.8, 4) is 0 Å². The second-order valence-electron chi connectivity index (χ2n) is 5.45. The average Bonchev–Trinajstić information content (AvgIpc) is 2.21. The summed E-state index contributed by atoms with van der Waals surface area (Å²) < 4.78 is 0. The van der Waals surface area contributed by atoms with Crippen LogP contribution in [-0.2, 0) is 9.59 Å². The quantitative estimate of drug-likeness (QED) is 0.745. The van der Waals surface area contributed by atoms with E-state index in [1.54, 1.807) is 0 Å². The Morgan fingerprint density at radius 1 is 1.06 bits per heavy atom. The van der Waals surface area contributed by atoms with Crippen molar-refractivity contribution in [3.05, 3.63) is 0 Å². The minimum absolute atomic E-state index is 0.154. The van der Waals surface area contributed by atoms with Crippen LogP contribution in [0, 0.1) is 5.41 Å². The topological polar surface area (TPSA) is 66.4 Å². The van der Waals surface area contributed by atoms with Gasteiger partial charge in [-0.15, -0.1) is 0 Å². The lowest BCUT2D eigenvalue weighted by atomic mass is 9.90. The van der Waals surface area contributed by atoms with Crippen LogP contribution in [0.3, 0.4) is 0 Å². The van der Waals surface area contributed by atoms with E-state index in [1.807, 2.05) is 0 Å². The van der Waals surface area contributed by atoms with E-state index in [1.165, 1.54) is 33.1 Å². The molecule has 0 unspecified atom stereocenters. The molecule has 0 spiro atoms. The van der Waals surface area contributed by atoms with E-state index in [9.17, 15) is 9.59 Å². The van der Waals surface area contributed by atoms with Crippen molar-refractivity contribution in [2.24, 2.45) is 5.41 Å². The van der Waals surface area contributed by atoms with Crippen LogP contribution >= 0.6 is 0 Å². The molecule has 4 nitrogen and oxygen atoms in total. The largest absolute Gasteiger partial charge is 0.480 e. The normalized spacial score (nSPS) is 19.2. The van der Waals surface area contributed by atoms with Gasteiger partial charge in [-0.25, -0.2) is 0 Å². The molecule has 4 heteroatoms. The van der Waals surface area contributed by atoms with E-state index in [-0.39, 0.29) is 11.9 Å². The van der Waals surface area contributed by atoms with E-state index in [0.29, 0.717) is 0 Å². The van der Waals surface area contributed by atoms with Crippen LogP contribution in [0.25, 0.3) is 0 Å².